The Balaban J connectivity index is 3.41. The maximum absolute atomic E-state index is 10.9. The van der Waals surface area contributed by atoms with Gasteiger partial charge in [-0.25, -0.2) is 13.4 Å². The van der Waals surface area contributed by atoms with Crippen LogP contribution in [0, 0.1) is 0 Å². The molecule has 4 nitrogen and oxygen atoms in total. The van der Waals surface area contributed by atoms with Gasteiger partial charge in [0.15, 0.2) is 5.03 Å². The molecule has 0 atom stereocenters. The second-order valence-electron chi connectivity index (χ2n) is 2.07. The smallest absolute Gasteiger partial charge is 0.279 e. The zero-order valence-electron chi connectivity index (χ0n) is 6.49. The Morgan fingerprint density at radius 1 is 1.62 bits per heavy atom. The molecule has 1 aromatic heterocycles. The maximum Gasteiger partial charge on any atom is 0.279 e. The van der Waals surface area contributed by atoms with Crippen LogP contribution in [0.15, 0.2) is 21.8 Å². The van der Waals surface area contributed by atoms with E-state index in [4.69, 9.17) is 15.4 Å². The Morgan fingerprint density at radius 2 is 2.23 bits per heavy atom. The molecule has 0 N–H and O–H groups in total. The molecule has 0 aliphatic carbocycles. The highest BCUT2D eigenvalue weighted by Gasteiger charge is 2.18. The lowest BCUT2D eigenvalue weighted by molar-refractivity contribution is 0.409. The minimum Gasteiger partial charge on any atom is -0.495 e. The van der Waals surface area contributed by atoms with Crippen molar-refractivity contribution in [1.29, 1.82) is 0 Å². The molecule has 13 heavy (non-hydrogen) atoms. The Kier molecular flexibility index (Phi) is 3.15. The summed E-state index contributed by atoms with van der Waals surface area (Å²) >= 11 is 3.03. The van der Waals surface area contributed by atoms with Crippen molar-refractivity contribution in [3.05, 3.63) is 16.7 Å². The number of pyridine rings is 1. The fourth-order valence-corrected chi connectivity index (χ4v) is 2.90. The van der Waals surface area contributed by atoms with E-state index in [1.54, 1.807) is 0 Å². The molecular formula is C6H5BrClNO3S. The van der Waals surface area contributed by atoms with Crippen LogP contribution in [0.25, 0.3) is 0 Å². The highest BCUT2D eigenvalue weighted by molar-refractivity contribution is 9.10. The van der Waals surface area contributed by atoms with Crippen molar-refractivity contribution in [2.75, 3.05) is 7.11 Å². The molecule has 0 saturated heterocycles. The molecule has 1 rings (SSSR count). The van der Waals surface area contributed by atoms with Crippen molar-refractivity contribution in [3.8, 4) is 5.75 Å². The average molecular weight is 287 g/mol. The number of nitrogens with zero attached hydrogens (tertiary/aromatic N) is 1. The molecule has 0 unspecified atom stereocenters. The summed E-state index contributed by atoms with van der Waals surface area (Å²) in [5.41, 5.74) is 0. The van der Waals surface area contributed by atoms with Crippen molar-refractivity contribution < 1.29 is 13.2 Å². The van der Waals surface area contributed by atoms with Crippen LogP contribution in [0.4, 0.5) is 0 Å². The molecule has 7 heteroatoms. The van der Waals surface area contributed by atoms with Crippen LogP contribution in [0.3, 0.4) is 0 Å². The molecular weight excluding hydrogens is 281 g/mol. The Bertz CT molecular complexity index is 420. The van der Waals surface area contributed by atoms with Crippen molar-refractivity contribution in [1.82, 2.24) is 4.98 Å². The first kappa shape index (κ1) is 10.7. The SMILES string of the molecule is COc1ccnc(S(=O)(=O)Cl)c1Br. The molecule has 0 amide bonds. The highest BCUT2D eigenvalue weighted by Crippen LogP contribution is 2.30. The molecule has 0 aromatic carbocycles. The third-order valence-corrected chi connectivity index (χ3v) is 3.51. The van der Waals surface area contributed by atoms with Crippen LogP contribution >= 0.6 is 26.6 Å². The van der Waals surface area contributed by atoms with Crippen LogP contribution < -0.4 is 4.74 Å². The normalized spacial score (nSPS) is 11.3. The van der Waals surface area contributed by atoms with E-state index in [9.17, 15) is 8.42 Å². The zero-order valence-corrected chi connectivity index (χ0v) is 9.65. The van der Waals surface area contributed by atoms with E-state index in [0.717, 1.165) is 0 Å². The van der Waals surface area contributed by atoms with Crippen molar-refractivity contribution in [2.45, 2.75) is 5.03 Å². The van der Waals surface area contributed by atoms with Gasteiger partial charge in [-0.1, -0.05) is 0 Å². The van der Waals surface area contributed by atoms with E-state index in [0.29, 0.717) is 5.75 Å². The Morgan fingerprint density at radius 3 is 2.69 bits per heavy atom. The third-order valence-electron chi connectivity index (χ3n) is 1.27. The number of methoxy groups -OCH3 is 1. The van der Waals surface area contributed by atoms with E-state index in [2.05, 4.69) is 20.9 Å². The summed E-state index contributed by atoms with van der Waals surface area (Å²) < 4.78 is 27.0. The first-order valence-electron chi connectivity index (χ1n) is 3.10. The zero-order chi connectivity index (χ0) is 10.1. The lowest BCUT2D eigenvalue weighted by atomic mass is 10.5. The fourth-order valence-electron chi connectivity index (χ4n) is 0.736. The molecule has 0 fully saturated rings. The second kappa shape index (κ2) is 3.81. The summed E-state index contributed by atoms with van der Waals surface area (Å²) in [5, 5.41) is -0.242. The molecule has 1 heterocycles. The monoisotopic (exact) mass is 285 g/mol. The number of ether oxygens (including phenoxy) is 1. The van der Waals surface area contributed by atoms with Gasteiger partial charge in [-0.2, -0.15) is 0 Å². The highest BCUT2D eigenvalue weighted by atomic mass is 79.9. The van der Waals surface area contributed by atoms with Gasteiger partial charge >= 0.3 is 0 Å². The molecule has 72 valence electrons. The predicted octanol–water partition coefficient (Wildman–Crippen LogP) is 1.78. The van der Waals surface area contributed by atoms with Crippen LogP contribution in [-0.2, 0) is 9.05 Å². The predicted molar refractivity (Wildman–Crippen MR) is 51.5 cm³/mol. The van der Waals surface area contributed by atoms with Crippen LogP contribution in [0.5, 0.6) is 5.75 Å². The molecule has 0 saturated carbocycles. The van der Waals surface area contributed by atoms with Gasteiger partial charge in [0.25, 0.3) is 9.05 Å². The number of hydrogen-bond donors (Lipinski definition) is 0. The summed E-state index contributed by atoms with van der Waals surface area (Å²) in [6.07, 6.45) is 1.30. The quantitative estimate of drug-likeness (QED) is 0.778. The maximum atomic E-state index is 10.9. The summed E-state index contributed by atoms with van der Waals surface area (Å²) in [6.45, 7) is 0. The summed E-state index contributed by atoms with van der Waals surface area (Å²) in [5.74, 6) is 0.370. The van der Waals surface area contributed by atoms with Crippen LogP contribution in [0.1, 0.15) is 0 Å². The largest absolute Gasteiger partial charge is 0.495 e. The van der Waals surface area contributed by atoms with Gasteiger partial charge in [0.05, 0.1) is 11.6 Å². The standard InChI is InChI=1S/C6H5BrClNO3S/c1-12-4-2-3-9-6(5(4)7)13(8,10)11/h2-3H,1H3. The van der Waals surface area contributed by atoms with Crippen LogP contribution in [-0.4, -0.2) is 20.5 Å². The third kappa shape index (κ3) is 2.32. The van der Waals surface area contributed by atoms with Crippen molar-refractivity contribution in [3.63, 3.8) is 0 Å². The number of aromatic nitrogens is 1. The van der Waals surface area contributed by atoms with Gasteiger partial charge in [0, 0.05) is 16.9 Å². The summed E-state index contributed by atoms with van der Waals surface area (Å²) in [4.78, 5) is 3.61. The van der Waals surface area contributed by atoms with E-state index < -0.39 is 9.05 Å². The first-order chi connectivity index (χ1) is 5.96. The molecule has 0 aliphatic heterocycles. The molecule has 0 aliphatic rings. The van der Waals surface area contributed by atoms with Gasteiger partial charge < -0.3 is 4.74 Å². The van der Waals surface area contributed by atoms with Gasteiger partial charge in [0.2, 0.25) is 0 Å². The second-order valence-corrected chi connectivity index (χ2v) is 5.34. The Labute approximate surface area is 88.4 Å². The van der Waals surface area contributed by atoms with E-state index in [-0.39, 0.29) is 9.50 Å². The Hall–Kier alpha value is -0.330. The van der Waals surface area contributed by atoms with Gasteiger partial charge in [-0.05, 0) is 22.0 Å². The van der Waals surface area contributed by atoms with Crippen molar-refractivity contribution >= 4 is 35.7 Å². The van der Waals surface area contributed by atoms with Gasteiger partial charge in [-0.15, -0.1) is 0 Å². The van der Waals surface area contributed by atoms with E-state index >= 15 is 0 Å². The minimum absolute atomic E-state index is 0.229. The molecule has 0 spiro atoms. The molecule has 1 aromatic rings. The number of halogens is 2. The summed E-state index contributed by atoms with van der Waals surface area (Å²) in [6, 6.07) is 1.52. The minimum atomic E-state index is -3.83. The first-order valence-corrected chi connectivity index (χ1v) is 6.20. The lowest BCUT2D eigenvalue weighted by Crippen LogP contribution is -1.97. The fraction of sp³-hybridized carbons (Fsp3) is 0.167. The topological polar surface area (TPSA) is 56.3 Å². The summed E-state index contributed by atoms with van der Waals surface area (Å²) in [7, 11) is 2.71. The molecule has 0 radical (unpaired) electrons. The van der Waals surface area contributed by atoms with E-state index in [1.165, 1.54) is 19.4 Å². The lowest BCUT2D eigenvalue weighted by Gasteiger charge is -2.04. The number of rotatable bonds is 2. The molecule has 0 bridgehead atoms. The average Bonchev–Trinajstić information content (AvgIpc) is 2.02. The number of hydrogen-bond acceptors (Lipinski definition) is 4. The van der Waals surface area contributed by atoms with Crippen molar-refractivity contribution in [2.24, 2.45) is 0 Å². The van der Waals surface area contributed by atoms with E-state index in [1.807, 2.05) is 0 Å². The van der Waals surface area contributed by atoms with Gasteiger partial charge in [0.1, 0.15) is 5.75 Å². The van der Waals surface area contributed by atoms with Gasteiger partial charge in [-0.3, -0.25) is 0 Å². The van der Waals surface area contributed by atoms with Crippen LogP contribution in [0.2, 0.25) is 0 Å².